The van der Waals surface area contributed by atoms with Crippen molar-refractivity contribution < 1.29 is 14.3 Å². The van der Waals surface area contributed by atoms with E-state index in [9.17, 15) is 4.79 Å². The van der Waals surface area contributed by atoms with Crippen molar-refractivity contribution in [2.45, 2.75) is 39.2 Å². The van der Waals surface area contributed by atoms with Gasteiger partial charge in [-0.05, 0) is 49.9 Å². The average molecular weight is 248 g/mol. The molecule has 3 heteroatoms. The van der Waals surface area contributed by atoms with Gasteiger partial charge in [-0.25, -0.2) is 4.79 Å². The lowest BCUT2D eigenvalue weighted by molar-refractivity contribution is 0.0525. The highest BCUT2D eigenvalue weighted by atomic mass is 16.5. The average Bonchev–Trinajstić information content (AvgIpc) is 2.34. The van der Waals surface area contributed by atoms with Crippen molar-refractivity contribution in [1.82, 2.24) is 0 Å². The highest BCUT2D eigenvalue weighted by Gasteiger charge is 2.29. The lowest BCUT2D eigenvalue weighted by Crippen LogP contribution is -2.33. The third-order valence-corrected chi connectivity index (χ3v) is 3.44. The summed E-state index contributed by atoms with van der Waals surface area (Å²) in [6.45, 7) is 4.42. The Balaban J connectivity index is 1.86. The van der Waals surface area contributed by atoms with Crippen LogP contribution in [-0.2, 0) is 4.74 Å². The SMILES string of the molecule is CCOC(=O)c1ccc(OC2CC(CC)C2)cc1. The van der Waals surface area contributed by atoms with Crippen LogP contribution < -0.4 is 4.74 Å². The highest BCUT2D eigenvalue weighted by Crippen LogP contribution is 2.33. The predicted molar refractivity (Wildman–Crippen MR) is 69.8 cm³/mol. The Kier molecular flexibility index (Phi) is 4.24. The molecule has 0 N–H and O–H groups in total. The number of benzene rings is 1. The summed E-state index contributed by atoms with van der Waals surface area (Å²) < 4.78 is 10.8. The van der Waals surface area contributed by atoms with Crippen molar-refractivity contribution >= 4 is 5.97 Å². The first kappa shape index (κ1) is 12.9. The minimum absolute atomic E-state index is 0.279. The van der Waals surface area contributed by atoms with E-state index < -0.39 is 0 Å². The summed E-state index contributed by atoms with van der Waals surface area (Å²) in [7, 11) is 0. The lowest BCUT2D eigenvalue weighted by atomic mass is 9.80. The van der Waals surface area contributed by atoms with Crippen LogP contribution in [0.3, 0.4) is 0 Å². The van der Waals surface area contributed by atoms with Gasteiger partial charge in [-0.15, -0.1) is 0 Å². The zero-order valence-corrected chi connectivity index (χ0v) is 11.0. The van der Waals surface area contributed by atoms with E-state index in [1.165, 1.54) is 6.42 Å². The fourth-order valence-corrected chi connectivity index (χ4v) is 2.18. The maximum absolute atomic E-state index is 11.5. The molecule has 0 aromatic heterocycles. The van der Waals surface area contributed by atoms with Gasteiger partial charge in [0.05, 0.1) is 18.3 Å². The van der Waals surface area contributed by atoms with Crippen LogP contribution in [-0.4, -0.2) is 18.7 Å². The Morgan fingerprint density at radius 2 is 1.89 bits per heavy atom. The molecule has 0 bridgehead atoms. The minimum atomic E-state index is -0.279. The minimum Gasteiger partial charge on any atom is -0.490 e. The van der Waals surface area contributed by atoms with Crippen molar-refractivity contribution in [3.05, 3.63) is 29.8 Å². The van der Waals surface area contributed by atoms with Gasteiger partial charge in [-0.2, -0.15) is 0 Å². The van der Waals surface area contributed by atoms with Crippen LogP contribution in [0.2, 0.25) is 0 Å². The number of esters is 1. The van der Waals surface area contributed by atoms with Crippen LogP contribution >= 0.6 is 0 Å². The Labute approximate surface area is 108 Å². The fraction of sp³-hybridized carbons (Fsp3) is 0.533. The Morgan fingerprint density at radius 3 is 2.44 bits per heavy atom. The number of carbonyl (C=O) groups is 1. The summed E-state index contributed by atoms with van der Waals surface area (Å²) in [6.07, 6.45) is 3.89. The molecule has 0 aliphatic heterocycles. The van der Waals surface area contributed by atoms with Crippen molar-refractivity contribution in [2.24, 2.45) is 5.92 Å². The fourth-order valence-electron chi connectivity index (χ4n) is 2.18. The van der Waals surface area contributed by atoms with Gasteiger partial charge in [-0.3, -0.25) is 0 Å². The Bertz CT molecular complexity index is 391. The maximum Gasteiger partial charge on any atom is 0.338 e. The van der Waals surface area contributed by atoms with Crippen molar-refractivity contribution in [3.63, 3.8) is 0 Å². The monoisotopic (exact) mass is 248 g/mol. The quantitative estimate of drug-likeness (QED) is 0.749. The van der Waals surface area contributed by atoms with Gasteiger partial charge in [-0.1, -0.05) is 13.3 Å². The third kappa shape index (κ3) is 3.03. The number of hydrogen-bond acceptors (Lipinski definition) is 3. The molecule has 1 aliphatic rings. The molecule has 1 saturated carbocycles. The molecule has 2 rings (SSSR count). The van der Waals surface area contributed by atoms with Crippen LogP contribution in [0.25, 0.3) is 0 Å². The normalized spacial score (nSPS) is 22.1. The molecule has 0 spiro atoms. The largest absolute Gasteiger partial charge is 0.490 e. The van der Waals surface area contributed by atoms with Crippen LogP contribution in [0.1, 0.15) is 43.5 Å². The summed E-state index contributed by atoms with van der Waals surface area (Å²) in [5, 5.41) is 0. The van der Waals surface area contributed by atoms with E-state index in [1.807, 2.05) is 12.1 Å². The van der Waals surface area contributed by atoms with E-state index in [-0.39, 0.29) is 5.97 Å². The Hall–Kier alpha value is -1.51. The van der Waals surface area contributed by atoms with Crippen molar-refractivity contribution in [3.8, 4) is 5.75 Å². The molecule has 1 aromatic carbocycles. The number of carbonyl (C=O) groups excluding carboxylic acids is 1. The van der Waals surface area contributed by atoms with E-state index in [4.69, 9.17) is 9.47 Å². The van der Waals surface area contributed by atoms with E-state index in [0.29, 0.717) is 18.3 Å². The standard InChI is InChI=1S/C15H20O3/c1-3-11-9-14(10-11)18-13-7-5-12(6-8-13)15(16)17-4-2/h5-8,11,14H,3-4,9-10H2,1-2H3. The zero-order valence-electron chi connectivity index (χ0n) is 11.0. The second kappa shape index (κ2) is 5.89. The van der Waals surface area contributed by atoms with Gasteiger partial charge in [0.2, 0.25) is 0 Å². The number of hydrogen-bond donors (Lipinski definition) is 0. The van der Waals surface area contributed by atoms with E-state index in [0.717, 1.165) is 24.5 Å². The topological polar surface area (TPSA) is 35.5 Å². The first-order chi connectivity index (χ1) is 8.72. The molecular weight excluding hydrogens is 228 g/mol. The molecule has 1 aliphatic carbocycles. The predicted octanol–water partition coefficient (Wildman–Crippen LogP) is 3.43. The maximum atomic E-state index is 11.5. The van der Waals surface area contributed by atoms with Crippen LogP contribution in [0, 0.1) is 5.92 Å². The van der Waals surface area contributed by atoms with Crippen LogP contribution in [0.5, 0.6) is 5.75 Å². The smallest absolute Gasteiger partial charge is 0.338 e. The molecule has 0 saturated heterocycles. The van der Waals surface area contributed by atoms with Gasteiger partial charge >= 0.3 is 5.97 Å². The third-order valence-electron chi connectivity index (χ3n) is 3.44. The molecule has 0 atom stereocenters. The van der Waals surface area contributed by atoms with E-state index in [2.05, 4.69) is 6.92 Å². The number of ether oxygens (including phenoxy) is 2. The summed E-state index contributed by atoms with van der Waals surface area (Å²) in [5.41, 5.74) is 0.573. The molecule has 98 valence electrons. The summed E-state index contributed by atoms with van der Waals surface area (Å²) in [5.74, 6) is 1.38. The second-order valence-electron chi connectivity index (χ2n) is 4.73. The first-order valence-electron chi connectivity index (χ1n) is 6.66. The molecule has 0 unspecified atom stereocenters. The molecule has 1 aromatic rings. The lowest BCUT2D eigenvalue weighted by Gasteiger charge is -2.34. The first-order valence-corrected chi connectivity index (χ1v) is 6.66. The number of rotatable bonds is 5. The molecule has 0 heterocycles. The van der Waals surface area contributed by atoms with Crippen LogP contribution in [0.4, 0.5) is 0 Å². The summed E-state index contributed by atoms with van der Waals surface area (Å²) in [4.78, 5) is 11.5. The van der Waals surface area contributed by atoms with Gasteiger partial charge in [0.1, 0.15) is 5.75 Å². The molecule has 3 nitrogen and oxygen atoms in total. The Morgan fingerprint density at radius 1 is 1.22 bits per heavy atom. The van der Waals surface area contributed by atoms with Gasteiger partial charge in [0.25, 0.3) is 0 Å². The second-order valence-corrected chi connectivity index (χ2v) is 4.73. The van der Waals surface area contributed by atoms with Gasteiger partial charge in [0, 0.05) is 0 Å². The van der Waals surface area contributed by atoms with Crippen LogP contribution in [0.15, 0.2) is 24.3 Å². The summed E-state index contributed by atoms with van der Waals surface area (Å²) >= 11 is 0. The highest BCUT2D eigenvalue weighted by molar-refractivity contribution is 5.89. The zero-order chi connectivity index (χ0) is 13.0. The molecular formula is C15H20O3. The van der Waals surface area contributed by atoms with Gasteiger partial charge < -0.3 is 9.47 Å². The summed E-state index contributed by atoms with van der Waals surface area (Å²) in [6, 6.07) is 7.18. The molecule has 1 fully saturated rings. The molecule has 0 radical (unpaired) electrons. The van der Waals surface area contributed by atoms with E-state index in [1.54, 1.807) is 19.1 Å². The van der Waals surface area contributed by atoms with Gasteiger partial charge in [0.15, 0.2) is 0 Å². The molecule has 0 amide bonds. The van der Waals surface area contributed by atoms with Crippen molar-refractivity contribution in [2.75, 3.05) is 6.61 Å². The van der Waals surface area contributed by atoms with E-state index >= 15 is 0 Å². The van der Waals surface area contributed by atoms with Crippen molar-refractivity contribution in [1.29, 1.82) is 0 Å². The molecule has 18 heavy (non-hydrogen) atoms.